The van der Waals surface area contributed by atoms with Crippen molar-refractivity contribution >= 4 is 17.7 Å². The largest absolute Gasteiger partial charge is 0.350 e. The highest BCUT2D eigenvalue weighted by Gasteiger charge is 2.32. The fourth-order valence-corrected chi connectivity index (χ4v) is 4.54. The third kappa shape index (κ3) is 4.54. The molecule has 2 saturated heterocycles. The number of ether oxygens (including phenoxy) is 2. The van der Waals surface area contributed by atoms with E-state index in [-0.39, 0.29) is 18.0 Å². The van der Waals surface area contributed by atoms with Crippen LogP contribution >= 0.6 is 11.8 Å². The first kappa shape index (κ1) is 19.4. The lowest BCUT2D eigenvalue weighted by Gasteiger charge is -2.34. The molecule has 148 valence electrons. The lowest BCUT2D eigenvalue weighted by atomic mass is 9.96. The Morgan fingerprint density at radius 3 is 2.57 bits per heavy atom. The number of thioether (sulfide) groups is 1. The average Bonchev–Trinajstić information content (AvgIpc) is 3.28. The van der Waals surface area contributed by atoms with E-state index in [1.165, 1.54) is 23.9 Å². The predicted molar refractivity (Wildman–Crippen MR) is 105 cm³/mol. The van der Waals surface area contributed by atoms with E-state index in [0.29, 0.717) is 48.6 Å². The summed E-state index contributed by atoms with van der Waals surface area (Å²) in [5.41, 5.74) is 1.62. The van der Waals surface area contributed by atoms with E-state index < -0.39 is 0 Å². The number of halogens is 1. The second-order valence-corrected chi connectivity index (χ2v) is 7.97. The lowest BCUT2D eigenvalue weighted by Crippen LogP contribution is -2.41. The van der Waals surface area contributed by atoms with Crippen molar-refractivity contribution in [1.82, 2.24) is 9.88 Å². The highest BCUT2D eigenvalue weighted by molar-refractivity contribution is 7.98. The number of carbonyl (C=O) groups excluding carboxylic acids is 1. The van der Waals surface area contributed by atoms with Crippen LogP contribution in [0.25, 0.3) is 0 Å². The first-order valence-corrected chi connectivity index (χ1v) is 10.5. The van der Waals surface area contributed by atoms with Crippen LogP contribution in [0, 0.1) is 11.7 Å². The number of amides is 1. The van der Waals surface area contributed by atoms with Gasteiger partial charge in [-0.25, -0.2) is 9.37 Å². The van der Waals surface area contributed by atoms with Gasteiger partial charge in [-0.3, -0.25) is 4.79 Å². The van der Waals surface area contributed by atoms with Crippen molar-refractivity contribution in [3.8, 4) is 0 Å². The molecule has 1 amide bonds. The second-order valence-electron chi connectivity index (χ2n) is 7.01. The molecule has 2 aromatic rings. The third-order valence-corrected chi connectivity index (χ3v) is 6.23. The van der Waals surface area contributed by atoms with Crippen molar-refractivity contribution in [3.05, 3.63) is 59.5 Å². The van der Waals surface area contributed by atoms with Crippen molar-refractivity contribution in [2.45, 2.75) is 29.9 Å². The Bertz CT molecular complexity index is 804. The number of rotatable bonds is 5. The van der Waals surface area contributed by atoms with Crippen molar-refractivity contribution in [1.29, 1.82) is 0 Å². The standard InChI is InChI=1S/C21H23FN2O3S/c22-17-5-3-15(4-6-17)14-28-19-18(2-1-9-23-19)20(25)24-10-7-16(8-11-24)21-26-12-13-27-21/h1-6,9,16,21H,7-8,10-14H2. The van der Waals surface area contributed by atoms with Gasteiger partial charge in [-0.1, -0.05) is 12.1 Å². The Balaban J connectivity index is 1.38. The maximum absolute atomic E-state index is 13.1. The van der Waals surface area contributed by atoms with Crippen molar-refractivity contribution < 1.29 is 18.7 Å². The molecule has 0 unspecified atom stereocenters. The van der Waals surface area contributed by atoms with Gasteiger partial charge in [0.25, 0.3) is 5.91 Å². The molecule has 0 spiro atoms. The summed E-state index contributed by atoms with van der Waals surface area (Å²) in [6.45, 7) is 2.72. The van der Waals surface area contributed by atoms with Crippen LogP contribution in [0.4, 0.5) is 4.39 Å². The maximum Gasteiger partial charge on any atom is 0.256 e. The van der Waals surface area contributed by atoms with Crippen molar-refractivity contribution in [2.75, 3.05) is 26.3 Å². The van der Waals surface area contributed by atoms with E-state index in [9.17, 15) is 9.18 Å². The van der Waals surface area contributed by atoms with Crippen molar-refractivity contribution in [2.24, 2.45) is 5.92 Å². The molecule has 0 saturated carbocycles. The Kier molecular flexibility index (Phi) is 6.24. The first-order chi connectivity index (χ1) is 13.7. The lowest BCUT2D eigenvalue weighted by molar-refractivity contribution is -0.0956. The maximum atomic E-state index is 13.1. The molecule has 5 nitrogen and oxygen atoms in total. The smallest absolute Gasteiger partial charge is 0.256 e. The summed E-state index contributed by atoms with van der Waals surface area (Å²) >= 11 is 1.50. The number of hydrogen-bond acceptors (Lipinski definition) is 5. The van der Waals surface area contributed by atoms with Crippen LogP contribution in [0.2, 0.25) is 0 Å². The molecular weight excluding hydrogens is 379 g/mol. The molecule has 0 aliphatic carbocycles. The number of pyridine rings is 1. The molecule has 1 aromatic heterocycles. The van der Waals surface area contributed by atoms with E-state index in [0.717, 1.165) is 18.4 Å². The number of nitrogens with zero attached hydrogens (tertiary/aromatic N) is 2. The number of piperidine rings is 1. The van der Waals surface area contributed by atoms with Gasteiger partial charge in [0.1, 0.15) is 10.8 Å². The predicted octanol–water partition coefficient (Wildman–Crippen LogP) is 3.74. The SMILES string of the molecule is O=C(c1cccnc1SCc1ccc(F)cc1)N1CCC(C2OCCO2)CC1. The quantitative estimate of drug-likeness (QED) is 0.713. The zero-order valence-corrected chi connectivity index (χ0v) is 16.4. The van der Waals surface area contributed by atoms with Crippen LogP contribution in [0.3, 0.4) is 0 Å². The first-order valence-electron chi connectivity index (χ1n) is 9.55. The molecular formula is C21H23FN2O3S. The summed E-state index contributed by atoms with van der Waals surface area (Å²) < 4.78 is 24.3. The van der Waals surface area contributed by atoms with Crippen LogP contribution < -0.4 is 0 Å². The molecule has 7 heteroatoms. The number of carbonyl (C=O) groups is 1. The average molecular weight is 402 g/mol. The summed E-state index contributed by atoms with van der Waals surface area (Å²) in [5, 5.41) is 0.710. The molecule has 2 aliphatic rings. The van der Waals surface area contributed by atoms with Crippen LogP contribution in [0.15, 0.2) is 47.6 Å². The van der Waals surface area contributed by atoms with Gasteiger partial charge in [0, 0.05) is 31.0 Å². The van der Waals surface area contributed by atoms with Crippen LogP contribution in [-0.2, 0) is 15.2 Å². The Hall–Kier alpha value is -1.96. The zero-order valence-electron chi connectivity index (χ0n) is 15.6. The van der Waals surface area contributed by atoms with E-state index in [1.54, 1.807) is 24.4 Å². The van der Waals surface area contributed by atoms with E-state index in [2.05, 4.69) is 4.98 Å². The number of benzene rings is 1. The summed E-state index contributed by atoms with van der Waals surface area (Å²) in [5.74, 6) is 0.754. The normalized spacial score (nSPS) is 18.5. The van der Waals surface area contributed by atoms with E-state index >= 15 is 0 Å². The molecule has 28 heavy (non-hydrogen) atoms. The Morgan fingerprint density at radius 1 is 1.14 bits per heavy atom. The molecule has 2 aliphatic heterocycles. The molecule has 4 rings (SSSR count). The van der Waals surface area contributed by atoms with Gasteiger partial charge < -0.3 is 14.4 Å². The topological polar surface area (TPSA) is 51.7 Å². The van der Waals surface area contributed by atoms with Gasteiger partial charge in [0.15, 0.2) is 6.29 Å². The third-order valence-electron chi connectivity index (χ3n) is 5.15. The second kappa shape index (κ2) is 9.03. The molecule has 0 bridgehead atoms. The minimum absolute atomic E-state index is 0.0152. The molecule has 0 atom stereocenters. The summed E-state index contributed by atoms with van der Waals surface area (Å²) in [6.07, 6.45) is 3.35. The monoisotopic (exact) mass is 402 g/mol. The van der Waals surface area contributed by atoms with E-state index in [4.69, 9.17) is 9.47 Å². The number of likely N-dealkylation sites (tertiary alicyclic amines) is 1. The minimum Gasteiger partial charge on any atom is -0.350 e. The zero-order chi connectivity index (χ0) is 19.3. The fourth-order valence-electron chi connectivity index (χ4n) is 3.59. The van der Waals surface area contributed by atoms with Gasteiger partial charge in [0.05, 0.1) is 18.8 Å². The van der Waals surface area contributed by atoms with Gasteiger partial charge in [-0.05, 0) is 42.7 Å². The Labute approximate surface area is 168 Å². The minimum atomic E-state index is -0.251. The van der Waals surface area contributed by atoms with Crippen molar-refractivity contribution in [3.63, 3.8) is 0 Å². The summed E-state index contributed by atoms with van der Waals surface area (Å²) in [7, 11) is 0. The molecule has 3 heterocycles. The summed E-state index contributed by atoms with van der Waals surface area (Å²) in [4.78, 5) is 19.4. The highest BCUT2D eigenvalue weighted by atomic mass is 32.2. The molecule has 1 aromatic carbocycles. The van der Waals surface area contributed by atoms with Crippen LogP contribution in [-0.4, -0.2) is 48.4 Å². The molecule has 0 N–H and O–H groups in total. The van der Waals surface area contributed by atoms with E-state index in [1.807, 2.05) is 11.0 Å². The fraction of sp³-hybridized carbons (Fsp3) is 0.429. The van der Waals surface area contributed by atoms with Gasteiger partial charge in [0.2, 0.25) is 0 Å². The number of hydrogen-bond donors (Lipinski definition) is 0. The van der Waals surface area contributed by atoms with Crippen LogP contribution in [0.5, 0.6) is 0 Å². The van der Waals surface area contributed by atoms with Crippen LogP contribution in [0.1, 0.15) is 28.8 Å². The van der Waals surface area contributed by atoms with Gasteiger partial charge in [-0.15, -0.1) is 11.8 Å². The van der Waals surface area contributed by atoms with Gasteiger partial charge in [-0.2, -0.15) is 0 Å². The number of aromatic nitrogens is 1. The Morgan fingerprint density at radius 2 is 1.86 bits per heavy atom. The summed E-state index contributed by atoms with van der Waals surface area (Å²) in [6, 6.07) is 10.0. The molecule has 0 radical (unpaired) electrons. The molecule has 2 fully saturated rings. The van der Waals surface area contributed by atoms with Gasteiger partial charge >= 0.3 is 0 Å². The highest BCUT2D eigenvalue weighted by Crippen LogP contribution is 2.29.